The average Bonchev–Trinajstić information content (AvgIpc) is 3.46. The maximum atomic E-state index is 13.5. The third-order valence-corrected chi connectivity index (χ3v) is 10.7. The van der Waals surface area contributed by atoms with Crippen LogP contribution in [0.4, 0.5) is 5.69 Å². The molecule has 0 unspecified atom stereocenters. The van der Waals surface area contributed by atoms with Crippen molar-refractivity contribution in [3.05, 3.63) is 106 Å². The number of nitrogens with zero attached hydrogens (tertiary/aromatic N) is 5. The zero-order valence-electron chi connectivity index (χ0n) is 31.7. The lowest BCUT2D eigenvalue weighted by Crippen LogP contribution is -2.30. The highest BCUT2D eigenvalue weighted by atomic mass is 35.5. The van der Waals surface area contributed by atoms with Crippen molar-refractivity contribution in [3.63, 3.8) is 0 Å². The number of aromatic nitrogens is 4. The Labute approximate surface area is 327 Å². The second-order valence-electron chi connectivity index (χ2n) is 14.2. The third kappa shape index (κ3) is 9.33. The lowest BCUT2D eigenvalue weighted by Gasteiger charge is -2.26. The van der Waals surface area contributed by atoms with E-state index < -0.39 is 0 Å². The number of carbonyl (C=O) groups is 2. The number of amides is 2. The Morgan fingerprint density at radius 2 is 1.69 bits per heavy atom. The van der Waals surface area contributed by atoms with Gasteiger partial charge in [-0.25, -0.2) is 14.6 Å². The van der Waals surface area contributed by atoms with Crippen LogP contribution >= 0.6 is 11.6 Å². The summed E-state index contributed by atoms with van der Waals surface area (Å²) in [5, 5.41) is 19.4. The number of rotatable bonds is 13. The minimum atomic E-state index is -0.379. The quantitative estimate of drug-likeness (QED) is 0.114. The highest BCUT2D eigenvalue weighted by molar-refractivity contribution is 6.33. The molecule has 0 spiro atoms. The smallest absolute Gasteiger partial charge is 0.270 e. The van der Waals surface area contributed by atoms with Gasteiger partial charge >= 0.3 is 0 Å². The molecule has 5 heterocycles. The minimum absolute atomic E-state index is 0.155. The summed E-state index contributed by atoms with van der Waals surface area (Å²) in [4.78, 5) is 38.8. The summed E-state index contributed by atoms with van der Waals surface area (Å²) in [5.74, 6) is -0.756. The van der Waals surface area contributed by atoms with Crippen molar-refractivity contribution < 1.29 is 14.3 Å². The van der Waals surface area contributed by atoms with Gasteiger partial charge in [-0.3, -0.25) is 14.5 Å². The molecule has 2 aliphatic heterocycles. The Morgan fingerprint density at radius 3 is 2.47 bits per heavy atom. The molecule has 55 heavy (non-hydrogen) atoms. The fraction of sp³-hybridized carbons (Fsp3) is 0.405. The van der Waals surface area contributed by atoms with Crippen LogP contribution in [0.1, 0.15) is 76.5 Å². The van der Waals surface area contributed by atoms with Gasteiger partial charge in [-0.1, -0.05) is 48.9 Å². The topological polar surface area (TPSA) is 138 Å². The van der Waals surface area contributed by atoms with E-state index in [2.05, 4.69) is 67.4 Å². The maximum absolute atomic E-state index is 13.5. The Bertz CT molecular complexity index is 2120. The second kappa shape index (κ2) is 18.2. The number of anilines is 1. The van der Waals surface area contributed by atoms with E-state index in [1.165, 1.54) is 5.56 Å². The zero-order valence-corrected chi connectivity index (χ0v) is 32.4. The number of hydrogen-bond acceptors (Lipinski definition) is 9. The molecule has 2 aromatic carbocycles. The van der Waals surface area contributed by atoms with Crippen LogP contribution in [-0.2, 0) is 37.3 Å². The first-order valence-corrected chi connectivity index (χ1v) is 19.8. The van der Waals surface area contributed by atoms with E-state index in [1.54, 1.807) is 18.2 Å². The highest BCUT2D eigenvalue weighted by Gasteiger charge is 2.23. The van der Waals surface area contributed by atoms with Gasteiger partial charge in [0.05, 0.1) is 17.3 Å². The summed E-state index contributed by atoms with van der Waals surface area (Å²) in [5.41, 5.74) is 7.98. The van der Waals surface area contributed by atoms with E-state index in [0.717, 1.165) is 96.7 Å². The molecule has 2 saturated heterocycles. The van der Waals surface area contributed by atoms with Gasteiger partial charge < -0.3 is 26.0 Å². The van der Waals surface area contributed by atoms with Crippen LogP contribution in [0.25, 0.3) is 22.2 Å². The van der Waals surface area contributed by atoms with E-state index in [1.807, 2.05) is 36.0 Å². The number of pyridine rings is 2. The van der Waals surface area contributed by atoms with E-state index in [0.29, 0.717) is 31.2 Å². The van der Waals surface area contributed by atoms with Crippen LogP contribution in [0.15, 0.2) is 66.9 Å². The Hall–Kier alpha value is -4.88. The van der Waals surface area contributed by atoms with Crippen LogP contribution in [0, 0.1) is 0 Å². The molecule has 13 heteroatoms. The molecule has 4 N–H and O–H groups in total. The fourth-order valence-corrected chi connectivity index (χ4v) is 7.61. The van der Waals surface area contributed by atoms with Crippen molar-refractivity contribution in [3.8, 4) is 11.1 Å². The molecule has 3 aromatic heterocycles. The van der Waals surface area contributed by atoms with Crippen molar-refractivity contribution in [1.82, 2.24) is 40.6 Å². The van der Waals surface area contributed by atoms with Crippen LogP contribution in [-0.4, -0.2) is 81.9 Å². The molecule has 2 fully saturated rings. The molecule has 0 saturated carbocycles. The second-order valence-corrected chi connectivity index (χ2v) is 14.6. The van der Waals surface area contributed by atoms with Crippen LogP contribution in [0.5, 0.6) is 0 Å². The van der Waals surface area contributed by atoms with Gasteiger partial charge in [-0.15, -0.1) is 0 Å². The molecule has 0 bridgehead atoms. The number of aryl methyl sites for hydroxylation is 2. The summed E-state index contributed by atoms with van der Waals surface area (Å²) in [7, 11) is 0. The number of fused-ring (bicyclic) bond motifs is 1. The average molecular weight is 764 g/mol. The molecule has 0 radical (unpaired) electrons. The SMILES string of the molecule is CCc1nc2c(cnn2CC)c(NC2CCOCC2)c1CNC(=O)c1cccc(C(=O)NCc2ccc(Cl)c(-c3cccc(CN4CCCNCC4)c3)c2)n1. The monoisotopic (exact) mass is 763 g/mol. The standard InChI is InChI=1S/C42H50ClN9O3/c1-3-36-33(39(48-31-14-20-55-21-15-31)34-26-47-52(4-2)40(34)50-36)25-46-42(54)38-11-6-10-37(49-38)41(53)45-24-28-12-13-35(43)32(23-28)30-9-5-8-29(22-30)27-51-18-7-16-44-17-19-51/h5-6,8-13,22-23,26,31,44H,3-4,7,14-21,24-25,27H2,1-2H3,(H,45,53)(H,46,54)(H,48,50). The van der Waals surface area contributed by atoms with Crippen molar-refractivity contribution in [2.45, 2.75) is 71.8 Å². The number of nitrogens with one attached hydrogen (secondary N) is 4. The van der Waals surface area contributed by atoms with Crippen molar-refractivity contribution in [2.24, 2.45) is 0 Å². The van der Waals surface area contributed by atoms with Crippen molar-refractivity contribution in [1.29, 1.82) is 0 Å². The zero-order chi connectivity index (χ0) is 38.1. The first-order valence-electron chi connectivity index (χ1n) is 19.5. The molecule has 7 rings (SSSR count). The molecular formula is C42H50ClN9O3. The third-order valence-electron chi connectivity index (χ3n) is 10.4. The maximum Gasteiger partial charge on any atom is 0.270 e. The summed E-state index contributed by atoms with van der Waals surface area (Å²) >= 11 is 6.70. The van der Waals surface area contributed by atoms with Gasteiger partial charge in [-0.05, 0) is 92.7 Å². The number of benzene rings is 2. The van der Waals surface area contributed by atoms with Gasteiger partial charge in [0.2, 0.25) is 0 Å². The number of halogens is 1. The van der Waals surface area contributed by atoms with Gasteiger partial charge in [0.25, 0.3) is 11.8 Å². The van der Waals surface area contributed by atoms with Crippen LogP contribution in [0.2, 0.25) is 5.02 Å². The normalized spacial score (nSPS) is 15.5. The first kappa shape index (κ1) is 38.4. The minimum Gasteiger partial charge on any atom is -0.381 e. The van der Waals surface area contributed by atoms with Gasteiger partial charge in [0, 0.05) is 80.4 Å². The molecule has 288 valence electrons. The van der Waals surface area contributed by atoms with Crippen LogP contribution in [0.3, 0.4) is 0 Å². The molecule has 2 amide bonds. The Morgan fingerprint density at radius 1 is 0.909 bits per heavy atom. The number of ether oxygens (including phenoxy) is 1. The molecule has 5 aromatic rings. The summed E-state index contributed by atoms with van der Waals surface area (Å²) in [6.45, 7) is 11.8. The number of hydrogen-bond donors (Lipinski definition) is 4. The molecule has 0 atom stereocenters. The Kier molecular flexibility index (Phi) is 12.7. The molecular weight excluding hydrogens is 714 g/mol. The number of carbonyl (C=O) groups excluding carboxylic acids is 2. The van der Waals surface area contributed by atoms with Gasteiger partial charge in [0.15, 0.2) is 5.65 Å². The summed E-state index contributed by atoms with van der Waals surface area (Å²) in [6, 6.07) is 19.4. The van der Waals surface area contributed by atoms with Gasteiger partial charge in [-0.2, -0.15) is 5.10 Å². The Balaban J connectivity index is 1.02. The van der Waals surface area contributed by atoms with E-state index in [-0.39, 0.29) is 42.3 Å². The van der Waals surface area contributed by atoms with E-state index >= 15 is 0 Å². The van der Waals surface area contributed by atoms with E-state index in [9.17, 15) is 9.59 Å². The fourth-order valence-electron chi connectivity index (χ4n) is 7.38. The van der Waals surface area contributed by atoms with Crippen molar-refractivity contribution >= 4 is 40.1 Å². The van der Waals surface area contributed by atoms with Gasteiger partial charge in [0.1, 0.15) is 11.4 Å². The summed E-state index contributed by atoms with van der Waals surface area (Å²) in [6.07, 6.45) is 5.46. The van der Waals surface area contributed by atoms with Crippen LogP contribution < -0.4 is 21.3 Å². The first-order chi connectivity index (χ1) is 26.9. The predicted octanol–water partition coefficient (Wildman–Crippen LogP) is 5.98. The highest BCUT2D eigenvalue weighted by Crippen LogP contribution is 2.32. The molecule has 2 aliphatic rings. The molecule has 0 aliphatic carbocycles. The predicted molar refractivity (Wildman–Crippen MR) is 216 cm³/mol. The van der Waals surface area contributed by atoms with Crippen molar-refractivity contribution in [2.75, 3.05) is 44.7 Å². The van der Waals surface area contributed by atoms with E-state index in [4.69, 9.17) is 21.3 Å². The molecule has 12 nitrogen and oxygen atoms in total. The summed E-state index contributed by atoms with van der Waals surface area (Å²) < 4.78 is 7.49. The largest absolute Gasteiger partial charge is 0.381 e. The lowest BCUT2D eigenvalue weighted by atomic mass is 10.0. The lowest BCUT2D eigenvalue weighted by molar-refractivity contribution is 0.0904.